The third kappa shape index (κ3) is 3.50. The highest BCUT2D eigenvalue weighted by molar-refractivity contribution is 5.85. The Morgan fingerprint density at radius 2 is 1.67 bits per heavy atom. The van der Waals surface area contributed by atoms with Crippen LogP contribution in [0.4, 0.5) is 4.79 Å². The second-order valence-electron chi connectivity index (χ2n) is 6.56. The summed E-state index contributed by atoms with van der Waals surface area (Å²) in [7, 11) is 0. The minimum atomic E-state index is -1.02. The maximum Gasteiger partial charge on any atom is 0.410 e. The number of halogens is 1. The molecule has 2 aliphatic rings. The van der Waals surface area contributed by atoms with Crippen molar-refractivity contribution < 1.29 is 19.4 Å². The van der Waals surface area contributed by atoms with Gasteiger partial charge in [0.1, 0.15) is 12.6 Å². The summed E-state index contributed by atoms with van der Waals surface area (Å²) in [6.45, 7) is 1.32. The Hall–Kier alpha value is -2.57. The van der Waals surface area contributed by atoms with E-state index in [4.69, 9.17) is 4.74 Å². The predicted octanol–water partition coefficient (Wildman–Crippen LogP) is 2.72. The van der Waals surface area contributed by atoms with Crippen molar-refractivity contribution in [2.45, 2.75) is 12.0 Å². The van der Waals surface area contributed by atoms with Crippen molar-refractivity contribution in [3.63, 3.8) is 0 Å². The molecule has 1 heterocycles. The van der Waals surface area contributed by atoms with Gasteiger partial charge in [-0.05, 0) is 22.3 Å². The molecule has 142 valence electrons. The maximum atomic E-state index is 12.5. The van der Waals surface area contributed by atoms with E-state index in [2.05, 4.69) is 29.6 Å². The molecular weight excluding hydrogens is 368 g/mol. The van der Waals surface area contributed by atoms with Crippen molar-refractivity contribution in [3.8, 4) is 11.1 Å². The van der Waals surface area contributed by atoms with Crippen molar-refractivity contribution in [1.82, 2.24) is 10.2 Å². The van der Waals surface area contributed by atoms with Crippen molar-refractivity contribution in [3.05, 3.63) is 59.7 Å². The molecule has 0 spiro atoms. The van der Waals surface area contributed by atoms with E-state index in [0.29, 0.717) is 13.1 Å². The summed E-state index contributed by atoms with van der Waals surface area (Å²) in [6, 6.07) is 15.3. The quantitative estimate of drug-likeness (QED) is 0.845. The average molecular weight is 389 g/mol. The number of carbonyl (C=O) groups is 2. The maximum absolute atomic E-state index is 12.5. The molecule has 2 aromatic rings. The number of carbonyl (C=O) groups excluding carboxylic acids is 1. The van der Waals surface area contributed by atoms with Gasteiger partial charge in [0, 0.05) is 25.6 Å². The lowest BCUT2D eigenvalue weighted by Gasteiger charge is -2.32. The van der Waals surface area contributed by atoms with Gasteiger partial charge in [0.2, 0.25) is 0 Å². The monoisotopic (exact) mass is 388 g/mol. The van der Waals surface area contributed by atoms with Gasteiger partial charge < -0.3 is 15.2 Å². The summed E-state index contributed by atoms with van der Waals surface area (Å²) in [4.78, 5) is 25.2. The van der Waals surface area contributed by atoms with Crippen molar-refractivity contribution >= 4 is 24.5 Å². The highest BCUT2D eigenvalue weighted by Crippen LogP contribution is 2.44. The molecule has 7 heteroatoms. The first kappa shape index (κ1) is 19.2. The number of rotatable bonds is 3. The van der Waals surface area contributed by atoms with E-state index in [0.717, 1.165) is 22.3 Å². The minimum Gasteiger partial charge on any atom is -0.480 e. The zero-order valence-corrected chi connectivity index (χ0v) is 15.4. The van der Waals surface area contributed by atoms with Gasteiger partial charge in [-0.25, -0.2) is 9.59 Å². The van der Waals surface area contributed by atoms with Crippen LogP contribution in [0.3, 0.4) is 0 Å². The molecule has 1 aliphatic heterocycles. The average Bonchev–Trinajstić information content (AvgIpc) is 3.00. The summed E-state index contributed by atoms with van der Waals surface area (Å²) in [5.41, 5.74) is 4.60. The molecule has 0 unspecified atom stereocenters. The van der Waals surface area contributed by atoms with Crippen LogP contribution < -0.4 is 5.32 Å². The fourth-order valence-electron chi connectivity index (χ4n) is 3.82. The number of carboxylic acids is 1. The topological polar surface area (TPSA) is 78.9 Å². The predicted molar refractivity (Wildman–Crippen MR) is 103 cm³/mol. The molecule has 0 saturated carbocycles. The summed E-state index contributed by atoms with van der Waals surface area (Å²) < 4.78 is 5.56. The minimum absolute atomic E-state index is 0. The first-order valence-electron chi connectivity index (χ1n) is 8.72. The number of piperazine rings is 1. The molecule has 1 aliphatic carbocycles. The second-order valence-corrected chi connectivity index (χ2v) is 6.56. The summed E-state index contributed by atoms with van der Waals surface area (Å²) in [6.07, 6.45) is -0.569. The van der Waals surface area contributed by atoms with Gasteiger partial charge in [-0.15, -0.1) is 12.4 Å². The summed E-state index contributed by atoms with van der Waals surface area (Å²) in [5, 5.41) is 12.3. The zero-order valence-electron chi connectivity index (χ0n) is 14.6. The summed E-state index contributed by atoms with van der Waals surface area (Å²) in [5.74, 6) is -1.05. The molecule has 2 N–H and O–H groups in total. The first-order chi connectivity index (χ1) is 12.7. The van der Waals surface area contributed by atoms with Crippen LogP contribution in [0.5, 0.6) is 0 Å². The van der Waals surface area contributed by atoms with Crippen LogP contribution in [0.1, 0.15) is 17.0 Å². The Balaban J connectivity index is 0.00000210. The van der Waals surface area contributed by atoms with E-state index in [1.54, 1.807) is 0 Å². The fourth-order valence-corrected chi connectivity index (χ4v) is 3.82. The first-order valence-corrected chi connectivity index (χ1v) is 8.72. The van der Waals surface area contributed by atoms with Crippen molar-refractivity contribution in [1.29, 1.82) is 0 Å². The molecule has 0 radical (unpaired) electrons. The van der Waals surface area contributed by atoms with E-state index in [9.17, 15) is 14.7 Å². The number of ether oxygens (including phenoxy) is 1. The van der Waals surface area contributed by atoms with E-state index < -0.39 is 18.1 Å². The lowest BCUT2D eigenvalue weighted by molar-refractivity contribution is -0.143. The van der Waals surface area contributed by atoms with Crippen molar-refractivity contribution in [2.75, 3.05) is 26.2 Å². The Morgan fingerprint density at radius 3 is 2.26 bits per heavy atom. The molecule has 1 amide bonds. The number of benzene rings is 2. The molecule has 2 aromatic carbocycles. The van der Waals surface area contributed by atoms with Gasteiger partial charge in [-0.1, -0.05) is 48.5 Å². The third-order valence-corrected chi connectivity index (χ3v) is 5.10. The van der Waals surface area contributed by atoms with E-state index in [-0.39, 0.29) is 31.5 Å². The molecule has 4 rings (SSSR count). The van der Waals surface area contributed by atoms with Gasteiger partial charge in [0.25, 0.3) is 0 Å². The zero-order chi connectivity index (χ0) is 18.1. The van der Waals surface area contributed by atoms with Crippen LogP contribution in [0.25, 0.3) is 11.1 Å². The van der Waals surface area contributed by atoms with Gasteiger partial charge in [0.15, 0.2) is 0 Å². The number of carboxylic acid groups (broad SMARTS) is 1. The van der Waals surface area contributed by atoms with E-state index in [1.165, 1.54) is 4.90 Å². The van der Waals surface area contributed by atoms with Crippen LogP contribution in [0, 0.1) is 0 Å². The molecule has 1 saturated heterocycles. The normalized spacial score (nSPS) is 18.2. The van der Waals surface area contributed by atoms with Crippen LogP contribution in [-0.4, -0.2) is 54.4 Å². The Labute approximate surface area is 163 Å². The third-order valence-electron chi connectivity index (χ3n) is 5.10. The Morgan fingerprint density at radius 1 is 1.07 bits per heavy atom. The SMILES string of the molecule is Cl.O=C(O)[C@@H]1CNCCN1C(=O)OCC1c2ccccc2-c2ccccc21. The standard InChI is InChI=1S/C20H20N2O4.ClH/c23-19(24)18-11-21-9-10-22(18)20(25)26-12-17-15-7-3-1-5-13(15)14-6-2-4-8-16(14)17;/h1-8,17-18,21H,9-12H2,(H,23,24);1H/t18-;/m0./s1. The lowest BCUT2D eigenvalue weighted by Crippen LogP contribution is -2.57. The number of amides is 1. The van der Waals surface area contributed by atoms with E-state index in [1.807, 2.05) is 24.3 Å². The number of nitrogens with one attached hydrogen (secondary N) is 1. The fraction of sp³-hybridized carbons (Fsp3) is 0.300. The van der Waals surface area contributed by atoms with Gasteiger partial charge >= 0.3 is 12.1 Å². The van der Waals surface area contributed by atoms with Gasteiger partial charge in [-0.2, -0.15) is 0 Å². The number of aliphatic carboxylic acids is 1. The number of hydrogen-bond acceptors (Lipinski definition) is 4. The molecule has 1 fully saturated rings. The molecule has 0 aromatic heterocycles. The molecule has 0 bridgehead atoms. The lowest BCUT2D eigenvalue weighted by atomic mass is 9.98. The van der Waals surface area contributed by atoms with Gasteiger partial charge in [0.05, 0.1) is 0 Å². The Bertz CT molecular complexity index is 812. The van der Waals surface area contributed by atoms with Crippen LogP contribution in [-0.2, 0) is 9.53 Å². The Kier molecular flexibility index (Phi) is 5.68. The van der Waals surface area contributed by atoms with Crippen LogP contribution >= 0.6 is 12.4 Å². The molecular formula is C20H21ClN2O4. The number of fused-ring (bicyclic) bond motifs is 3. The van der Waals surface area contributed by atoms with Crippen LogP contribution in [0.2, 0.25) is 0 Å². The molecule has 6 nitrogen and oxygen atoms in total. The van der Waals surface area contributed by atoms with Gasteiger partial charge in [-0.3, -0.25) is 4.90 Å². The second kappa shape index (κ2) is 7.98. The molecule has 1 atom stereocenters. The van der Waals surface area contributed by atoms with Crippen molar-refractivity contribution in [2.24, 2.45) is 0 Å². The van der Waals surface area contributed by atoms with E-state index >= 15 is 0 Å². The highest BCUT2D eigenvalue weighted by atomic mass is 35.5. The largest absolute Gasteiger partial charge is 0.480 e. The van der Waals surface area contributed by atoms with Crippen LogP contribution in [0.15, 0.2) is 48.5 Å². The number of hydrogen-bond donors (Lipinski definition) is 2. The smallest absolute Gasteiger partial charge is 0.410 e. The summed E-state index contributed by atoms with van der Waals surface area (Å²) >= 11 is 0. The molecule has 27 heavy (non-hydrogen) atoms. The highest BCUT2D eigenvalue weighted by Gasteiger charge is 2.34. The number of nitrogens with zero attached hydrogens (tertiary/aromatic N) is 1.